The van der Waals surface area contributed by atoms with Gasteiger partial charge in [0.05, 0.1) is 29.6 Å². The predicted octanol–water partition coefficient (Wildman–Crippen LogP) is 3.13. The Labute approximate surface area is 160 Å². The normalized spacial score (nSPS) is 9.86. The Morgan fingerprint density at radius 2 is 1.75 bits per heavy atom. The van der Waals surface area contributed by atoms with Gasteiger partial charge in [0.1, 0.15) is 23.9 Å². The highest BCUT2D eigenvalue weighted by atomic mass is 16.5. The Balaban J connectivity index is 1.82. The number of carbonyl (C=O) groups excluding carboxylic acids is 2. The minimum absolute atomic E-state index is 0.0895. The van der Waals surface area contributed by atoms with E-state index in [1.807, 2.05) is 0 Å². The summed E-state index contributed by atoms with van der Waals surface area (Å²) >= 11 is 0. The minimum Gasteiger partial charge on any atom is -0.465 e. The van der Waals surface area contributed by atoms with Crippen molar-refractivity contribution in [3.05, 3.63) is 77.7 Å². The lowest BCUT2D eigenvalue weighted by Crippen LogP contribution is -2.17. The van der Waals surface area contributed by atoms with Gasteiger partial charge in [-0.25, -0.2) is 14.8 Å². The number of carbonyl (C=O) groups is 2. The maximum Gasteiger partial charge on any atom is 0.339 e. The van der Waals surface area contributed by atoms with E-state index in [2.05, 4.69) is 26.7 Å². The monoisotopic (exact) mass is 373 g/mol. The van der Waals surface area contributed by atoms with Crippen molar-refractivity contribution in [1.82, 2.24) is 9.97 Å². The first-order valence-corrected chi connectivity index (χ1v) is 8.19. The fourth-order valence-electron chi connectivity index (χ4n) is 2.44. The molecule has 0 unspecified atom stereocenters. The number of nitriles is 1. The Morgan fingerprint density at radius 3 is 2.50 bits per heavy atom. The van der Waals surface area contributed by atoms with Crippen molar-refractivity contribution in [2.75, 3.05) is 17.7 Å². The summed E-state index contributed by atoms with van der Waals surface area (Å²) in [6.45, 7) is 0. The van der Waals surface area contributed by atoms with E-state index in [0.717, 1.165) is 0 Å². The van der Waals surface area contributed by atoms with Crippen molar-refractivity contribution in [3.8, 4) is 6.07 Å². The second-order valence-corrected chi connectivity index (χ2v) is 5.56. The van der Waals surface area contributed by atoms with Gasteiger partial charge in [0.15, 0.2) is 0 Å². The van der Waals surface area contributed by atoms with E-state index in [-0.39, 0.29) is 11.3 Å². The molecule has 1 aromatic heterocycles. The molecule has 0 fully saturated rings. The minimum atomic E-state index is -0.561. The second kappa shape index (κ2) is 8.42. The second-order valence-electron chi connectivity index (χ2n) is 5.56. The smallest absolute Gasteiger partial charge is 0.339 e. The van der Waals surface area contributed by atoms with Gasteiger partial charge >= 0.3 is 5.97 Å². The zero-order valence-corrected chi connectivity index (χ0v) is 14.8. The molecule has 8 nitrogen and oxygen atoms in total. The van der Waals surface area contributed by atoms with Crippen molar-refractivity contribution in [3.63, 3.8) is 0 Å². The third-order valence-corrected chi connectivity index (χ3v) is 3.79. The van der Waals surface area contributed by atoms with Crippen LogP contribution in [0.4, 0.5) is 17.2 Å². The van der Waals surface area contributed by atoms with Crippen LogP contribution in [0.25, 0.3) is 0 Å². The molecular formula is C20H15N5O3. The number of esters is 1. The molecule has 0 saturated carbocycles. The van der Waals surface area contributed by atoms with Crippen LogP contribution in [0.2, 0.25) is 0 Å². The van der Waals surface area contributed by atoms with Crippen LogP contribution < -0.4 is 10.6 Å². The Hall–Kier alpha value is -4.25. The summed E-state index contributed by atoms with van der Waals surface area (Å²) in [5.74, 6) is -0.728. The highest BCUT2D eigenvalue weighted by molar-refractivity contribution is 6.07. The molecule has 2 N–H and O–H groups in total. The quantitative estimate of drug-likeness (QED) is 0.660. The number of ether oxygens (including phenoxy) is 1. The average molecular weight is 373 g/mol. The number of hydrogen-bond donors (Lipinski definition) is 2. The number of aromatic nitrogens is 2. The first-order valence-electron chi connectivity index (χ1n) is 8.19. The zero-order valence-electron chi connectivity index (χ0n) is 14.8. The fraction of sp³-hybridized carbons (Fsp3) is 0.0500. The van der Waals surface area contributed by atoms with Gasteiger partial charge in [0.2, 0.25) is 0 Å². The van der Waals surface area contributed by atoms with Crippen LogP contribution in [0.3, 0.4) is 0 Å². The number of amides is 1. The largest absolute Gasteiger partial charge is 0.465 e. The van der Waals surface area contributed by atoms with E-state index in [4.69, 9.17) is 10.00 Å². The third-order valence-electron chi connectivity index (χ3n) is 3.79. The molecule has 2 aromatic carbocycles. The van der Waals surface area contributed by atoms with Crippen LogP contribution >= 0.6 is 0 Å². The van der Waals surface area contributed by atoms with Crippen molar-refractivity contribution < 1.29 is 14.3 Å². The van der Waals surface area contributed by atoms with Crippen molar-refractivity contribution in [1.29, 1.82) is 5.26 Å². The molecule has 8 heteroatoms. The molecule has 0 aliphatic rings. The summed E-state index contributed by atoms with van der Waals surface area (Å²) in [7, 11) is 1.27. The van der Waals surface area contributed by atoms with Gasteiger partial charge < -0.3 is 15.4 Å². The van der Waals surface area contributed by atoms with E-state index in [1.165, 1.54) is 19.5 Å². The van der Waals surface area contributed by atoms with Crippen LogP contribution in [-0.4, -0.2) is 29.0 Å². The molecule has 138 valence electrons. The van der Waals surface area contributed by atoms with Gasteiger partial charge in [-0.3, -0.25) is 4.79 Å². The first-order chi connectivity index (χ1) is 13.6. The van der Waals surface area contributed by atoms with Gasteiger partial charge in [-0.05, 0) is 24.3 Å². The number of hydrogen-bond acceptors (Lipinski definition) is 7. The molecule has 0 saturated heterocycles. The number of anilines is 3. The molecule has 1 heterocycles. The molecular weight excluding hydrogens is 358 g/mol. The van der Waals surface area contributed by atoms with Gasteiger partial charge in [0, 0.05) is 6.07 Å². The molecule has 0 spiro atoms. The summed E-state index contributed by atoms with van der Waals surface area (Å²) in [6.07, 6.45) is 1.23. The lowest BCUT2D eigenvalue weighted by Gasteiger charge is -2.10. The topological polar surface area (TPSA) is 117 Å². The number of methoxy groups -OCH3 is 1. The van der Waals surface area contributed by atoms with E-state index in [1.54, 1.807) is 48.5 Å². The lowest BCUT2D eigenvalue weighted by atomic mass is 10.1. The van der Waals surface area contributed by atoms with Crippen LogP contribution in [-0.2, 0) is 4.74 Å². The van der Waals surface area contributed by atoms with Gasteiger partial charge in [0.25, 0.3) is 5.91 Å². The maximum atomic E-state index is 12.6. The Morgan fingerprint density at radius 1 is 1.04 bits per heavy atom. The zero-order chi connectivity index (χ0) is 19.9. The van der Waals surface area contributed by atoms with Crippen molar-refractivity contribution in [2.24, 2.45) is 0 Å². The predicted molar refractivity (Wildman–Crippen MR) is 102 cm³/mol. The van der Waals surface area contributed by atoms with Gasteiger partial charge in [-0.2, -0.15) is 5.26 Å². The highest BCUT2D eigenvalue weighted by Gasteiger charge is 2.15. The standard InChI is InChI=1S/C20H15N5O3/c1-28-20(27)14-7-3-5-9-16(14)25-19(26)17-10-18(23-12-22-17)24-15-8-4-2-6-13(15)11-21/h2-10,12H,1H3,(H,25,26)(H,22,23,24). The van der Waals surface area contributed by atoms with E-state index >= 15 is 0 Å². The Kier molecular flexibility index (Phi) is 5.58. The van der Waals surface area contributed by atoms with Crippen molar-refractivity contribution >= 4 is 29.1 Å². The number of benzene rings is 2. The van der Waals surface area contributed by atoms with E-state index in [9.17, 15) is 9.59 Å². The lowest BCUT2D eigenvalue weighted by molar-refractivity contribution is 0.0602. The number of nitrogens with zero attached hydrogens (tertiary/aromatic N) is 3. The highest BCUT2D eigenvalue weighted by Crippen LogP contribution is 2.20. The number of rotatable bonds is 5. The molecule has 0 atom stereocenters. The summed E-state index contributed by atoms with van der Waals surface area (Å²) in [5, 5.41) is 14.8. The molecule has 0 bridgehead atoms. The molecule has 3 aromatic rings. The first kappa shape index (κ1) is 18.5. The molecule has 0 radical (unpaired) electrons. The summed E-state index contributed by atoms with van der Waals surface area (Å²) in [5.41, 5.74) is 1.63. The SMILES string of the molecule is COC(=O)c1ccccc1NC(=O)c1cc(Nc2ccccc2C#N)ncn1. The van der Waals surface area contributed by atoms with Gasteiger partial charge in [-0.15, -0.1) is 0 Å². The summed E-state index contributed by atoms with van der Waals surface area (Å²) in [4.78, 5) is 32.4. The molecule has 0 aliphatic carbocycles. The summed E-state index contributed by atoms with van der Waals surface area (Å²) in [6, 6.07) is 17.0. The average Bonchev–Trinajstić information content (AvgIpc) is 2.74. The Bertz CT molecular complexity index is 1080. The molecule has 3 rings (SSSR count). The van der Waals surface area contributed by atoms with E-state index < -0.39 is 11.9 Å². The maximum absolute atomic E-state index is 12.6. The third kappa shape index (κ3) is 4.11. The summed E-state index contributed by atoms with van der Waals surface area (Å²) < 4.78 is 4.72. The molecule has 0 aliphatic heterocycles. The number of para-hydroxylation sites is 2. The molecule has 28 heavy (non-hydrogen) atoms. The van der Waals surface area contributed by atoms with Crippen LogP contribution in [0, 0.1) is 11.3 Å². The van der Waals surface area contributed by atoms with Gasteiger partial charge in [-0.1, -0.05) is 24.3 Å². The van der Waals surface area contributed by atoms with Crippen LogP contribution in [0.5, 0.6) is 0 Å². The van der Waals surface area contributed by atoms with E-state index in [0.29, 0.717) is 22.8 Å². The van der Waals surface area contributed by atoms with Crippen LogP contribution in [0.1, 0.15) is 26.4 Å². The van der Waals surface area contributed by atoms with Crippen molar-refractivity contribution in [2.45, 2.75) is 0 Å². The molecule has 1 amide bonds. The fourth-order valence-corrected chi connectivity index (χ4v) is 2.44. The van der Waals surface area contributed by atoms with Crippen LogP contribution in [0.15, 0.2) is 60.9 Å². The number of nitrogens with one attached hydrogen (secondary N) is 2.